The number of aliphatic imine (C=N–C) groups is 1. The van der Waals surface area contributed by atoms with Crippen molar-refractivity contribution in [1.29, 1.82) is 0 Å². The van der Waals surface area contributed by atoms with Crippen molar-refractivity contribution in [3.05, 3.63) is 29.6 Å². The molecule has 28 heavy (non-hydrogen) atoms. The van der Waals surface area contributed by atoms with Crippen molar-refractivity contribution in [2.45, 2.75) is 64.6 Å². The Morgan fingerprint density at radius 3 is 2.89 bits per heavy atom. The molecule has 3 heterocycles. The molecule has 0 bridgehead atoms. The van der Waals surface area contributed by atoms with Crippen LogP contribution >= 0.6 is 0 Å². The van der Waals surface area contributed by atoms with Gasteiger partial charge in [-0.1, -0.05) is 0 Å². The first-order chi connectivity index (χ1) is 13.8. The molecule has 0 aliphatic carbocycles. The number of nitrogens with zero attached hydrogens (tertiary/aromatic N) is 3. The molecule has 2 saturated heterocycles. The molecule has 2 fully saturated rings. The van der Waals surface area contributed by atoms with Crippen LogP contribution in [0.4, 0.5) is 0 Å². The minimum absolute atomic E-state index is 0.308. The van der Waals surface area contributed by atoms with Gasteiger partial charge < -0.3 is 19.7 Å². The molecular formula is C22H36N4O2. The van der Waals surface area contributed by atoms with Crippen molar-refractivity contribution in [1.82, 2.24) is 15.2 Å². The van der Waals surface area contributed by atoms with Gasteiger partial charge in [-0.3, -0.25) is 9.98 Å². The van der Waals surface area contributed by atoms with Crippen LogP contribution in [-0.4, -0.2) is 67.4 Å². The number of nitrogens with one attached hydrogen (secondary N) is 1. The maximum atomic E-state index is 6.14. The van der Waals surface area contributed by atoms with Gasteiger partial charge in [0.1, 0.15) is 0 Å². The van der Waals surface area contributed by atoms with Gasteiger partial charge >= 0.3 is 0 Å². The van der Waals surface area contributed by atoms with Gasteiger partial charge in [0.05, 0.1) is 18.8 Å². The molecular weight excluding hydrogens is 352 g/mol. The zero-order valence-corrected chi connectivity index (χ0v) is 17.5. The van der Waals surface area contributed by atoms with Gasteiger partial charge in [-0.25, -0.2) is 0 Å². The lowest BCUT2D eigenvalue weighted by atomic mass is 10.1. The van der Waals surface area contributed by atoms with Crippen LogP contribution in [0.25, 0.3) is 0 Å². The fraction of sp³-hybridized carbons (Fsp3) is 0.727. The fourth-order valence-electron chi connectivity index (χ4n) is 3.91. The highest BCUT2D eigenvalue weighted by Crippen LogP contribution is 2.18. The standard InChI is InChI=1S/C22H36N4O2/c1-3-24-22(25-12-8-19-7-11-23-16-18(19)2)26-13-9-20(10-14-26)28-17-21-6-4-5-15-27-21/h7,11,16,20-21H,3-6,8-10,12-15,17H2,1-2H3,(H,24,25). The second-order valence-electron chi connectivity index (χ2n) is 7.80. The second-order valence-corrected chi connectivity index (χ2v) is 7.80. The summed E-state index contributed by atoms with van der Waals surface area (Å²) in [7, 11) is 0. The number of aromatic nitrogens is 1. The lowest BCUT2D eigenvalue weighted by Gasteiger charge is -2.35. The average Bonchev–Trinajstić information content (AvgIpc) is 2.74. The van der Waals surface area contributed by atoms with Crippen molar-refractivity contribution >= 4 is 5.96 Å². The van der Waals surface area contributed by atoms with E-state index in [1.807, 2.05) is 12.4 Å². The van der Waals surface area contributed by atoms with Crippen molar-refractivity contribution in [3.63, 3.8) is 0 Å². The van der Waals surface area contributed by atoms with E-state index in [0.29, 0.717) is 12.2 Å². The van der Waals surface area contributed by atoms with Crippen molar-refractivity contribution in [2.24, 2.45) is 4.99 Å². The molecule has 0 amide bonds. The van der Waals surface area contributed by atoms with Crippen LogP contribution in [0, 0.1) is 6.92 Å². The topological polar surface area (TPSA) is 59.0 Å². The number of hydrogen-bond acceptors (Lipinski definition) is 4. The first-order valence-electron chi connectivity index (χ1n) is 10.9. The summed E-state index contributed by atoms with van der Waals surface area (Å²) in [6, 6.07) is 2.09. The van der Waals surface area contributed by atoms with Crippen LogP contribution in [0.1, 0.15) is 50.2 Å². The molecule has 2 aliphatic rings. The molecule has 156 valence electrons. The summed E-state index contributed by atoms with van der Waals surface area (Å²) in [6.07, 6.45) is 11.1. The number of pyridine rings is 1. The molecule has 1 aromatic heterocycles. The molecule has 0 radical (unpaired) electrons. The molecule has 1 N–H and O–H groups in total. The number of piperidine rings is 1. The van der Waals surface area contributed by atoms with E-state index in [1.165, 1.54) is 24.0 Å². The Labute approximate surface area is 169 Å². The van der Waals surface area contributed by atoms with E-state index in [4.69, 9.17) is 14.5 Å². The Morgan fingerprint density at radius 1 is 1.32 bits per heavy atom. The number of hydrogen-bond donors (Lipinski definition) is 1. The molecule has 1 unspecified atom stereocenters. The van der Waals surface area contributed by atoms with Gasteiger partial charge in [-0.05, 0) is 69.6 Å². The number of aryl methyl sites for hydroxylation is 1. The van der Waals surface area contributed by atoms with Crippen LogP contribution in [0.5, 0.6) is 0 Å². The molecule has 0 saturated carbocycles. The maximum absolute atomic E-state index is 6.14. The SMILES string of the molecule is CCNC(=NCCc1ccncc1C)N1CCC(OCC2CCCCO2)CC1. The highest BCUT2D eigenvalue weighted by molar-refractivity contribution is 5.80. The quantitative estimate of drug-likeness (QED) is 0.575. The fourth-order valence-corrected chi connectivity index (χ4v) is 3.91. The van der Waals surface area contributed by atoms with Crippen molar-refractivity contribution in [3.8, 4) is 0 Å². The van der Waals surface area contributed by atoms with Gasteiger partial charge in [-0.2, -0.15) is 0 Å². The van der Waals surface area contributed by atoms with Crippen molar-refractivity contribution in [2.75, 3.05) is 39.4 Å². The van der Waals surface area contributed by atoms with Crippen LogP contribution < -0.4 is 5.32 Å². The van der Waals surface area contributed by atoms with E-state index in [-0.39, 0.29) is 0 Å². The Morgan fingerprint density at radius 2 is 2.18 bits per heavy atom. The minimum atomic E-state index is 0.308. The van der Waals surface area contributed by atoms with E-state index in [2.05, 4.69) is 35.1 Å². The van der Waals surface area contributed by atoms with E-state index < -0.39 is 0 Å². The molecule has 6 heteroatoms. The molecule has 0 spiro atoms. The third-order valence-corrected chi connectivity index (χ3v) is 5.65. The van der Waals surface area contributed by atoms with Crippen molar-refractivity contribution < 1.29 is 9.47 Å². The smallest absolute Gasteiger partial charge is 0.193 e. The van der Waals surface area contributed by atoms with Crippen LogP contribution in [0.15, 0.2) is 23.5 Å². The minimum Gasteiger partial charge on any atom is -0.376 e. The Kier molecular flexibility index (Phi) is 8.55. The molecule has 0 aromatic carbocycles. The average molecular weight is 389 g/mol. The third kappa shape index (κ3) is 6.45. The van der Waals surface area contributed by atoms with Gasteiger partial charge in [0.25, 0.3) is 0 Å². The van der Waals surface area contributed by atoms with Crippen LogP contribution in [0.3, 0.4) is 0 Å². The highest BCUT2D eigenvalue weighted by atomic mass is 16.5. The van der Waals surface area contributed by atoms with Gasteiger partial charge in [0.2, 0.25) is 0 Å². The predicted molar refractivity (Wildman–Crippen MR) is 113 cm³/mol. The van der Waals surface area contributed by atoms with Crippen LogP contribution in [-0.2, 0) is 15.9 Å². The van der Waals surface area contributed by atoms with E-state index >= 15 is 0 Å². The molecule has 6 nitrogen and oxygen atoms in total. The van der Waals surface area contributed by atoms with E-state index in [0.717, 1.165) is 71.0 Å². The molecule has 3 rings (SSSR count). The third-order valence-electron chi connectivity index (χ3n) is 5.65. The summed E-state index contributed by atoms with van der Waals surface area (Å²) in [6.45, 7) is 9.57. The Hall–Kier alpha value is -1.66. The summed E-state index contributed by atoms with van der Waals surface area (Å²) in [5.74, 6) is 1.03. The first kappa shape index (κ1) is 21.1. The largest absolute Gasteiger partial charge is 0.376 e. The normalized spacial score (nSPS) is 21.7. The Bertz CT molecular complexity index is 608. The maximum Gasteiger partial charge on any atom is 0.193 e. The monoisotopic (exact) mass is 388 g/mol. The number of guanidine groups is 1. The summed E-state index contributed by atoms with van der Waals surface area (Å²) < 4.78 is 11.9. The lowest BCUT2D eigenvalue weighted by molar-refractivity contribution is -0.0721. The van der Waals surface area contributed by atoms with Gasteiger partial charge in [0, 0.05) is 45.2 Å². The Balaban J connectivity index is 1.43. The number of rotatable bonds is 7. The summed E-state index contributed by atoms with van der Waals surface area (Å²) in [5, 5.41) is 3.45. The number of ether oxygens (including phenoxy) is 2. The van der Waals surface area contributed by atoms with E-state index in [1.54, 1.807) is 0 Å². The highest BCUT2D eigenvalue weighted by Gasteiger charge is 2.23. The molecule has 1 aromatic rings. The zero-order valence-electron chi connectivity index (χ0n) is 17.5. The summed E-state index contributed by atoms with van der Waals surface area (Å²) >= 11 is 0. The molecule has 1 atom stereocenters. The molecule has 2 aliphatic heterocycles. The first-order valence-corrected chi connectivity index (χ1v) is 10.9. The lowest BCUT2D eigenvalue weighted by Crippen LogP contribution is -2.47. The summed E-state index contributed by atoms with van der Waals surface area (Å²) in [4.78, 5) is 11.4. The zero-order chi connectivity index (χ0) is 19.6. The second kappa shape index (κ2) is 11.4. The number of likely N-dealkylation sites (tertiary alicyclic amines) is 1. The van der Waals surface area contributed by atoms with Gasteiger partial charge in [0.15, 0.2) is 5.96 Å². The van der Waals surface area contributed by atoms with Crippen LogP contribution in [0.2, 0.25) is 0 Å². The van der Waals surface area contributed by atoms with E-state index in [9.17, 15) is 0 Å². The summed E-state index contributed by atoms with van der Waals surface area (Å²) in [5.41, 5.74) is 2.56. The van der Waals surface area contributed by atoms with Gasteiger partial charge in [-0.15, -0.1) is 0 Å². The predicted octanol–water partition coefficient (Wildman–Crippen LogP) is 2.95.